The molecule has 1 unspecified atom stereocenters. The second kappa shape index (κ2) is 7.09. The normalized spacial score (nSPS) is 15.1. The average Bonchev–Trinajstić information content (AvgIpc) is 2.59. The summed E-state index contributed by atoms with van der Waals surface area (Å²) in [5, 5.41) is 9.53. The highest BCUT2D eigenvalue weighted by Gasteiger charge is 2.24. The average molecular weight is 311 g/mol. The molecule has 0 radical (unpaired) electrons. The summed E-state index contributed by atoms with van der Waals surface area (Å²) >= 11 is 0. The molecule has 4 nitrogen and oxygen atoms in total. The Morgan fingerprint density at radius 3 is 2.61 bits per heavy atom. The van der Waals surface area contributed by atoms with Crippen molar-refractivity contribution >= 4 is 5.82 Å². The predicted octanol–water partition coefficient (Wildman–Crippen LogP) is 3.22. The van der Waals surface area contributed by atoms with Gasteiger partial charge in [-0.2, -0.15) is 0 Å². The van der Waals surface area contributed by atoms with E-state index in [9.17, 15) is 5.11 Å². The number of benzene rings is 1. The Kier molecular flexibility index (Phi) is 4.91. The summed E-state index contributed by atoms with van der Waals surface area (Å²) in [7, 11) is 2.09. The largest absolute Gasteiger partial charge is 0.396 e. The molecule has 1 aliphatic rings. The van der Waals surface area contributed by atoms with Crippen LogP contribution in [-0.4, -0.2) is 28.7 Å². The highest BCUT2D eigenvalue weighted by Crippen LogP contribution is 2.33. The molecule has 122 valence electrons. The van der Waals surface area contributed by atoms with Crippen LogP contribution >= 0.6 is 0 Å². The minimum atomic E-state index is 0.126. The SMILES string of the molecule is Cc1nc2c(c(N(C)C(CCO)c3ccccc3)n1)CCCC2. The van der Waals surface area contributed by atoms with E-state index in [0.29, 0.717) is 6.42 Å². The van der Waals surface area contributed by atoms with Crippen molar-refractivity contribution in [2.24, 2.45) is 0 Å². The van der Waals surface area contributed by atoms with Gasteiger partial charge in [0.05, 0.1) is 6.04 Å². The Hall–Kier alpha value is -1.94. The van der Waals surface area contributed by atoms with E-state index in [-0.39, 0.29) is 12.6 Å². The van der Waals surface area contributed by atoms with Crippen molar-refractivity contribution in [1.82, 2.24) is 9.97 Å². The molecule has 0 saturated carbocycles. The molecule has 1 heterocycles. The summed E-state index contributed by atoms with van der Waals surface area (Å²) < 4.78 is 0. The van der Waals surface area contributed by atoms with E-state index in [1.165, 1.54) is 29.7 Å². The van der Waals surface area contributed by atoms with Crippen molar-refractivity contribution in [3.05, 3.63) is 53.0 Å². The van der Waals surface area contributed by atoms with Crippen LogP contribution < -0.4 is 4.90 Å². The van der Waals surface area contributed by atoms with Crippen molar-refractivity contribution in [3.63, 3.8) is 0 Å². The molecule has 3 rings (SSSR count). The molecule has 1 N–H and O–H groups in total. The van der Waals surface area contributed by atoms with Gasteiger partial charge in [0.15, 0.2) is 0 Å². The molecule has 0 spiro atoms. The third-order valence-corrected chi connectivity index (χ3v) is 4.66. The van der Waals surface area contributed by atoms with Gasteiger partial charge in [0.25, 0.3) is 0 Å². The maximum Gasteiger partial charge on any atom is 0.136 e. The first-order valence-corrected chi connectivity index (χ1v) is 8.45. The van der Waals surface area contributed by atoms with E-state index in [0.717, 1.165) is 24.5 Å². The molecular formula is C19H25N3O. The Labute approximate surface area is 138 Å². The van der Waals surface area contributed by atoms with Crippen LogP contribution in [0.1, 0.15) is 47.9 Å². The summed E-state index contributed by atoms with van der Waals surface area (Å²) in [5.41, 5.74) is 3.72. The van der Waals surface area contributed by atoms with E-state index in [1.54, 1.807) is 0 Å². The van der Waals surface area contributed by atoms with Crippen molar-refractivity contribution in [1.29, 1.82) is 0 Å². The predicted molar refractivity (Wildman–Crippen MR) is 92.7 cm³/mol. The Morgan fingerprint density at radius 1 is 1.13 bits per heavy atom. The molecule has 1 aromatic heterocycles. The Balaban J connectivity index is 2.00. The van der Waals surface area contributed by atoms with Crippen LogP contribution in [0, 0.1) is 6.92 Å². The maximum absolute atomic E-state index is 9.53. The number of aliphatic hydroxyl groups excluding tert-OH is 1. The molecule has 4 heteroatoms. The van der Waals surface area contributed by atoms with Crippen LogP contribution in [0.25, 0.3) is 0 Å². The molecule has 2 aromatic rings. The van der Waals surface area contributed by atoms with E-state index in [2.05, 4.69) is 29.1 Å². The first kappa shape index (κ1) is 15.9. The topological polar surface area (TPSA) is 49.2 Å². The van der Waals surface area contributed by atoms with Crippen LogP contribution in [0.2, 0.25) is 0 Å². The highest BCUT2D eigenvalue weighted by molar-refractivity contribution is 5.51. The molecule has 0 amide bonds. The monoisotopic (exact) mass is 311 g/mol. The lowest BCUT2D eigenvalue weighted by Crippen LogP contribution is -2.28. The summed E-state index contributed by atoms with van der Waals surface area (Å²) in [4.78, 5) is 11.6. The fraction of sp³-hybridized carbons (Fsp3) is 0.474. The van der Waals surface area contributed by atoms with Crippen molar-refractivity contribution in [3.8, 4) is 0 Å². The molecule has 1 aliphatic carbocycles. The second-order valence-corrected chi connectivity index (χ2v) is 6.28. The molecule has 1 atom stereocenters. The summed E-state index contributed by atoms with van der Waals surface area (Å²) in [6, 6.07) is 10.5. The van der Waals surface area contributed by atoms with E-state index >= 15 is 0 Å². The smallest absolute Gasteiger partial charge is 0.136 e. The van der Waals surface area contributed by atoms with Gasteiger partial charge in [-0.05, 0) is 44.6 Å². The first-order valence-electron chi connectivity index (χ1n) is 8.45. The first-order chi connectivity index (χ1) is 11.2. The summed E-state index contributed by atoms with van der Waals surface area (Å²) in [6.07, 6.45) is 5.21. The fourth-order valence-electron chi connectivity index (χ4n) is 3.52. The molecule has 0 saturated heterocycles. The van der Waals surface area contributed by atoms with Crippen LogP contribution in [0.3, 0.4) is 0 Å². The quantitative estimate of drug-likeness (QED) is 0.921. The molecule has 0 fully saturated rings. The molecular weight excluding hydrogens is 286 g/mol. The Morgan fingerprint density at radius 2 is 1.87 bits per heavy atom. The number of anilines is 1. The lowest BCUT2D eigenvalue weighted by Gasteiger charge is -2.32. The third kappa shape index (κ3) is 3.37. The standard InChI is InChI=1S/C19H25N3O/c1-14-20-17-11-7-6-10-16(17)19(21-14)22(2)18(12-13-23)15-8-4-3-5-9-15/h3-5,8-9,18,23H,6-7,10-13H2,1-2H3. The van der Waals surface area contributed by atoms with Gasteiger partial charge >= 0.3 is 0 Å². The highest BCUT2D eigenvalue weighted by atomic mass is 16.3. The maximum atomic E-state index is 9.53. The van der Waals surface area contributed by atoms with Crippen molar-refractivity contribution in [2.45, 2.75) is 45.1 Å². The number of rotatable bonds is 5. The van der Waals surface area contributed by atoms with E-state index < -0.39 is 0 Å². The van der Waals surface area contributed by atoms with Gasteiger partial charge in [-0.25, -0.2) is 9.97 Å². The van der Waals surface area contributed by atoms with Crippen LogP contribution in [0.15, 0.2) is 30.3 Å². The zero-order valence-corrected chi connectivity index (χ0v) is 14.0. The van der Waals surface area contributed by atoms with Crippen LogP contribution in [0.5, 0.6) is 0 Å². The van der Waals surface area contributed by atoms with Gasteiger partial charge in [0.1, 0.15) is 11.6 Å². The van der Waals surface area contributed by atoms with Gasteiger partial charge in [-0.15, -0.1) is 0 Å². The van der Waals surface area contributed by atoms with Gasteiger partial charge in [0.2, 0.25) is 0 Å². The number of fused-ring (bicyclic) bond motifs is 1. The molecule has 1 aromatic carbocycles. The van der Waals surface area contributed by atoms with Gasteiger partial charge in [-0.1, -0.05) is 30.3 Å². The van der Waals surface area contributed by atoms with Crippen LogP contribution in [0.4, 0.5) is 5.82 Å². The summed E-state index contributed by atoms with van der Waals surface area (Å²) in [6.45, 7) is 2.13. The number of aromatic nitrogens is 2. The minimum Gasteiger partial charge on any atom is -0.396 e. The zero-order valence-electron chi connectivity index (χ0n) is 14.0. The van der Waals surface area contributed by atoms with Gasteiger partial charge in [0, 0.05) is 24.9 Å². The zero-order chi connectivity index (χ0) is 16.2. The Bertz CT molecular complexity index is 657. The number of nitrogens with zero attached hydrogens (tertiary/aromatic N) is 3. The van der Waals surface area contributed by atoms with Crippen molar-refractivity contribution < 1.29 is 5.11 Å². The molecule has 0 bridgehead atoms. The fourth-order valence-corrected chi connectivity index (χ4v) is 3.52. The van der Waals surface area contributed by atoms with Crippen molar-refractivity contribution in [2.75, 3.05) is 18.6 Å². The van der Waals surface area contributed by atoms with Gasteiger partial charge < -0.3 is 10.0 Å². The molecule has 0 aliphatic heterocycles. The minimum absolute atomic E-state index is 0.126. The van der Waals surface area contributed by atoms with Crippen LogP contribution in [-0.2, 0) is 12.8 Å². The van der Waals surface area contributed by atoms with E-state index in [4.69, 9.17) is 4.98 Å². The summed E-state index contributed by atoms with van der Waals surface area (Å²) in [5.74, 6) is 1.87. The lowest BCUT2D eigenvalue weighted by molar-refractivity contribution is 0.274. The lowest BCUT2D eigenvalue weighted by atomic mass is 9.95. The van der Waals surface area contributed by atoms with Gasteiger partial charge in [-0.3, -0.25) is 0 Å². The third-order valence-electron chi connectivity index (χ3n) is 4.66. The number of hydrogen-bond donors (Lipinski definition) is 1. The molecule has 23 heavy (non-hydrogen) atoms. The number of aryl methyl sites for hydroxylation is 2. The van der Waals surface area contributed by atoms with E-state index in [1.807, 2.05) is 25.1 Å². The number of hydrogen-bond acceptors (Lipinski definition) is 4. The second-order valence-electron chi connectivity index (χ2n) is 6.28. The number of aliphatic hydroxyl groups is 1.